The molecule has 0 aliphatic carbocycles. The fourth-order valence-corrected chi connectivity index (χ4v) is 2.99. The number of aliphatic hydroxyl groups excluding tert-OH is 1. The van der Waals surface area contributed by atoms with Gasteiger partial charge in [0.05, 0.1) is 27.4 Å². The number of ether oxygens (including phenoxy) is 3. The van der Waals surface area contributed by atoms with Gasteiger partial charge < -0.3 is 24.2 Å². The highest BCUT2D eigenvalue weighted by Crippen LogP contribution is 2.38. The standard InChI is InChI=1S/C18H27NO5/c1-22-16-11-13(12-17(23-2)18(16)24-3)15(21)5-4-8-19-9-6-14(20)7-10-19/h11-12,14,20H,4-10H2,1-3H3. The summed E-state index contributed by atoms with van der Waals surface area (Å²) in [6.45, 7) is 2.68. The highest BCUT2D eigenvalue weighted by atomic mass is 16.5. The number of ketones is 1. The monoisotopic (exact) mass is 337 g/mol. The van der Waals surface area contributed by atoms with Crippen LogP contribution < -0.4 is 14.2 Å². The first-order valence-corrected chi connectivity index (χ1v) is 8.32. The second-order valence-corrected chi connectivity index (χ2v) is 6.01. The molecule has 1 aromatic rings. The summed E-state index contributed by atoms with van der Waals surface area (Å²) in [6, 6.07) is 3.39. The summed E-state index contributed by atoms with van der Waals surface area (Å²) < 4.78 is 15.9. The molecule has 6 nitrogen and oxygen atoms in total. The van der Waals surface area contributed by atoms with Gasteiger partial charge in [0.25, 0.3) is 0 Å². The van der Waals surface area contributed by atoms with Crippen LogP contribution >= 0.6 is 0 Å². The van der Waals surface area contributed by atoms with E-state index in [9.17, 15) is 9.90 Å². The molecule has 1 heterocycles. The molecule has 1 fully saturated rings. The van der Waals surface area contributed by atoms with E-state index in [4.69, 9.17) is 14.2 Å². The van der Waals surface area contributed by atoms with Crippen molar-refractivity contribution in [1.82, 2.24) is 4.90 Å². The van der Waals surface area contributed by atoms with E-state index in [2.05, 4.69) is 4.90 Å². The van der Waals surface area contributed by atoms with Crippen molar-refractivity contribution in [3.05, 3.63) is 17.7 Å². The number of nitrogens with zero attached hydrogens (tertiary/aromatic N) is 1. The van der Waals surface area contributed by atoms with Crippen LogP contribution in [0.2, 0.25) is 0 Å². The molecule has 134 valence electrons. The SMILES string of the molecule is COc1cc(C(=O)CCCN2CCC(O)CC2)cc(OC)c1OC. The number of aliphatic hydroxyl groups is 1. The average Bonchev–Trinajstić information content (AvgIpc) is 2.61. The van der Waals surface area contributed by atoms with Crippen molar-refractivity contribution in [3.63, 3.8) is 0 Å². The van der Waals surface area contributed by atoms with Crippen LogP contribution in [0.15, 0.2) is 12.1 Å². The molecule has 1 saturated heterocycles. The molecule has 0 aromatic heterocycles. The normalized spacial score (nSPS) is 16.0. The number of hydrogen-bond acceptors (Lipinski definition) is 6. The van der Waals surface area contributed by atoms with Gasteiger partial charge in [-0.25, -0.2) is 0 Å². The largest absolute Gasteiger partial charge is 0.493 e. The molecular weight excluding hydrogens is 310 g/mol. The third-order valence-corrected chi connectivity index (χ3v) is 4.42. The summed E-state index contributed by atoms with van der Waals surface area (Å²) in [6.07, 6.45) is 2.74. The summed E-state index contributed by atoms with van der Waals surface area (Å²) in [7, 11) is 4.62. The molecule has 0 spiro atoms. The quantitative estimate of drug-likeness (QED) is 0.733. The summed E-state index contributed by atoms with van der Waals surface area (Å²) in [4.78, 5) is 14.8. The minimum absolute atomic E-state index is 0.0614. The number of benzene rings is 1. The average molecular weight is 337 g/mol. The highest BCUT2D eigenvalue weighted by molar-refractivity contribution is 5.97. The van der Waals surface area contributed by atoms with Crippen molar-refractivity contribution < 1.29 is 24.1 Å². The Labute approximate surface area is 143 Å². The number of piperidine rings is 1. The van der Waals surface area contributed by atoms with Gasteiger partial charge in [-0.1, -0.05) is 0 Å². The van der Waals surface area contributed by atoms with Gasteiger partial charge in [-0.15, -0.1) is 0 Å². The van der Waals surface area contributed by atoms with Crippen molar-refractivity contribution in [2.45, 2.75) is 31.8 Å². The van der Waals surface area contributed by atoms with Crippen molar-refractivity contribution in [2.24, 2.45) is 0 Å². The summed E-state index contributed by atoms with van der Waals surface area (Å²) in [5.74, 6) is 1.53. The van der Waals surface area contributed by atoms with Crippen molar-refractivity contribution >= 4 is 5.78 Å². The Morgan fingerprint density at radius 3 is 2.21 bits per heavy atom. The third-order valence-electron chi connectivity index (χ3n) is 4.42. The van der Waals surface area contributed by atoms with Crippen molar-refractivity contribution in [2.75, 3.05) is 41.0 Å². The van der Waals surface area contributed by atoms with Crippen molar-refractivity contribution in [3.8, 4) is 17.2 Å². The predicted octanol–water partition coefficient (Wildman–Crippen LogP) is 2.13. The third kappa shape index (κ3) is 4.61. The van der Waals surface area contributed by atoms with E-state index in [1.807, 2.05) is 0 Å². The maximum atomic E-state index is 12.5. The van der Waals surface area contributed by atoms with Crippen LogP contribution in [-0.2, 0) is 0 Å². The van der Waals surface area contributed by atoms with Gasteiger partial charge in [0.2, 0.25) is 5.75 Å². The molecular formula is C18H27NO5. The van der Waals surface area contributed by atoms with Crippen LogP contribution in [0.25, 0.3) is 0 Å². The predicted molar refractivity (Wildman–Crippen MR) is 91.3 cm³/mol. The first kappa shape index (κ1) is 18.5. The zero-order chi connectivity index (χ0) is 17.5. The molecule has 0 unspecified atom stereocenters. The minimum atomic E-state index is -0.165. The van der Waals surface area contributed by atoms with E-state index < -0.39 is 0 Å². The first-order chi connectivity index (χ1) is 11.6. The lowest BCUT2D eigenvalue weighted by atomic mass is 10.0. The van der Waals surface area contributed by atoms with Gasteiger partial charge in [0.15, 0.2) is 17.3 Å². The number of methoxy groups -OCH3 is 3. The summed E-state index contributed by atoms with van der Waals surface area (Å²) in [5.41, 5.74) is 0.568. The fourth-order valence-electron chi connectivity index (χ4n) is 2.99. The van der Waals surface area contributed by atoms with E-state index >= 15 is 0 Å². The van der Waals surface area contributed by atoms with Crippen LogP contribution in [0, 0.1) is 0 Å². The molecule has 1 aromatic carbocycles. The molecule has 24 heavy (non-hydrogen) atoms. The highest BCUT2D eigenvalue weighted by Gasteiger charge is 2.19. The van der Waals surface area contributed by atoms with Gasteiger partial charge in [-0.2, -0.15) is 0 Å². The number of carbonyl (C=O) groups is 1. The Kier molecular flexibility index (Phi) is 6.87. The second-order valence-electron chi connectivity index (χ2n) is 6.01. The maximum Gasteiger partial charge on any atom is 0.203 e. The number of hydrogen-bond donors (Lipinski definition) is 1. The molecule has 0 bridgehead atoms. The van der Waals surface area contributed by atoms with Crippen molar-refractivity contribution in [1.29, 1.82) is 0 Å². The number of likely N-dealkylation sites (tertiary alicyclic amines) is 1. The second kappa shape index (κ2) is 8.89. The van der Waals surface area contributed by atoms with E-state index in [-0.39, 0.29) is 11.9 Å². The van der Waals surface area contributed by atoms with E-state index in [1.54, 1.807) is 12.1 Å². The lowest BCUT2D eigenvalue weighted by Gasteiger charge is -2.29. The molecule has 1 aliphatic rings. The van der Waals surface area contributed by atoms with Gasteiger partial charge in [-0.05, 0) is 37.9 Å². The molecule has 0 saturated carbocycles. The molecule has 1 N–H and O–H groups in total. The Morgan fingerprint density at radius 1 is 1.12 bits per heavy atom. The Balaban J connectivity index is 1.94. The van der Waals surface area contributed by atoms with E-state index in [1.165, 1.54) is 21.3 Å². The smallest absolute Gasteiger partial charge is 0.203 e. The Bertz CT molecular complexity index is 527. The molecule has 0 atom stereocenters. The van der Waals surface area contributed by atoms with Crippen LogP contribution in [0.1, 0.15) is 36.0 Å². The number of Topliss-reactive ketones (excluding diaryl/α,β-unsaturated/α-hetero) is 1. The lowest BCUT2D eigenvalue weighted by Crippen LogP contribution is -2.36. The van der Waals surface area contributed by atoms with E-state index in [0.717, 1.165) is 38.9 Å². The van der Waals surface area contributed by atoms with Gasteiger partial charge in [0.1, 0.15) is 0 Å². The number of carbonyl (C=O) groups excluding carboxylic acids is 1. The first-order valence-electron chi connectivity index (χ1n) is 8.32. The van der Waals surface area contributed by atoms with Crippen LogP contribution in [0.3, 0.4) is 0 Å². The fraction of sp³-hybridized carbons (Fsp3) is 0.611. The van der Waals surface area contributed by atoms with Gasteiger partial charge in [0, 0.05) is 25.1 Å². The van der Waals surface area contributed by atoms with E-state index in [0.29, 0.717) is 29.2 Å². The minimum Gasteiger partial charge on any atom is -0.493 e. The molecule has 0 amide bonds. The molecule has 6 heteroatoms. The molecule has 2 rings (SSSR count). The van der Waals surface area contributed by atoms with Gasteiger partial charge in [-0.3, -0.25) is 4.79 Å². The summed E-state index contributed by atoms with van der Waals surface area (Å²) >= 11 is 0. The Hall–Kier alpha value is -1.79. The van der Waals surface area contributed by atoms with Gasteiger partial charge >= 0.3 is 0 Å². The Morgan fingerprint density at radius 2 is 1.71 bits per heavy atom. The zero-order valence-corrected chi connectivity index (χ0v) is 14.7. The van der Waals surface area contributed by atoms with Crippen LogP contribution in [0.5, 0.6) is 17.2 Å². The topological polar surface area (TPSA) is 68.2 Å². The molecule has 0 radical (unpaired) electrons. The summed E-state index contributed by atoms with van der Waals surface area (Å²) in [5, 5.41) is 9.52. The molecule has 1 aliphatic heterocycles. The van der Waals surface area contributed by atoms with Crippen LogP contribution in [0.4, 0.5) is 0 Å². The van der Waals surface area contributed by atoms with Crippen LogP contribution in [-0.4, -0.2) is 62.9 Å². The maximum absolute atomic E-state index is 12.5. The zero-order valence-electron chi connectivity index (χ0n) is 14.7. The lowest BCUT2D eigenvalue weighted by molar-refractivity contribution is 0.0800. The number of rotatable bonds is 8.